The van der Waals surface area contributed by atoms with Crippen molar-refractivity contribution in [2.24, 2.45) is 0 Å². The fourth-order valence-electron chi connectivity index (χ4n) is 2.07. The first-order valence-electron chi connectivity index (χ1n) is 5.25. The first-order chi connectivity index (χ1) is 7.29. The van der Waals surface area contributed by atoms with Crippen molar-refractivity contribution in [2.45, 2.75) is 13.3 Å². The molecule has 0 aliphatic rings. The van der Waals surface area contributed by atoms with Crippen LogP contribution in [0.25, 0.3) is 0 Å². The molecule has 0 spiro atoms. The Morgan fingerprint density at radius 1 is 1.07 bits per heavy atom. The number of allylic oxidation sites excluding steroid dienone is 3. The second-order valence-corrected chi connectivity index (χ2v) is 16.2. The van der Waals surface area contributed by atoms with Gasteiger partial charge in [-0.15, -0.1) is 0 Å². The van der Waals surface area contributed by atoms with Crippen LogP contribution in [0.1, 0.15) is 0 Å². The molecule has 0 bridgehead atoms. The van der Waals surface area contributed by atoms with Gasteiger partial charge in [-0.3, -0.25) is 0 Å². The van der Waals surface area contributed by atoms with E-state index in [2.05, 4.69) is 55.1 Å². The van der Waals surface area contributed by atoms with Gasteiger partial charge in [-0.2, -0.15) is 0 Å². The first-order valence-corrected chi connectivity index (χ1v) is 12.7. The van der Waals surface area contributed by atoms with Crippen LogP contribution in [0.5, 0.6) is 0 Å². The molecule has 1 aromatic rings. The second-order valence-electron chi connectivity index (χ2n) is 3.84. The number of H-pyrrole nitrogens is 1. The standard InChI is InChI=1S/C4H4N.3C3H5.Sn/c1-2-4-5-3-1;3*1-3-2;/h1-3,5H;3*3H,1-2H2;. The van der Waals surface area contributed by atoms with E-state index in [-0.39, 0.29) is 0 Å². The molecule has 1 aromatic heterocycles. The van der Waals surface area contributed by atoms with E-state index < -0.39 is 18.4 Å². The summed E-state index contributed by atoms with van der Waals surface area (Å²) in [5, 5.41) is 0. The Hall–Kier alpha value is -0.701. The van der Waals surface area contributed by atoms with Gasteiger partial charge in [0.05, 0.1) is 0 Å². The molecule has 0 unspecified atom stereocenters. The summed E-state index contributed by atoms with van der Waals surface area (Å²) in [6.45, 7) is 11.7. The molecule has 1 nitrogen and oxygen atoms in total. The zero-order valence-electron chi connectivity index (χ0n) is 9.21. The first kappa shape index (κ1) is 12.4. The Bertz CT molecular complexity index is 298. The molecule has 0 saturated carbocycles. The molecule has 15 heavy (non-hydrogen) atoms. The van der Waals surface area contributed by atoms with Crippen LogP contribution in [0.4, 0.5) is 0 Å². The van der Waals surface area contributed by atoms with Gasteiger partial charge < -0.3 is 0 Å². The molecule has 2 heteroatoms. The zero-order valence-corrected chi connectivity index (χ0v) is 12.1. The van der Waals surface area contributed by atoms with Crippen molar-refractivity contribution in [3.8, 4) is 0 Å². The summed E-state index contributed by atoms with van der Waals surface area (Å²) < 4.78 is 4.89. The maximum absolute atomic E-state index is 3.89. The minimum atomic E-state index is -2.34. The quantitative estimate of drug-likeness (QED) is 0.588. The van der Waals surface area contributed by atoms with Gasteiger partial charge >= 0.3 is 96.7 Å². The van der Waals surface area contributed by atoms with Gasteiger partial charge in [0.1, 0.15) is 0 Å². The van der Waals surface area contributed by atoms with Crippen LogP contribution >= 0.6 is 0 Å². The van der Waals surface area contributed by atoms with Gasteiger partial charge in [0.25, 0.3) is 0 Å². The van der Waals surface area contributed by atoms with Crippen molar-refractivity contribution in [1.29, 1.82) is 0 Å². The molecule has 0 amide bonds. The molecule has 0 aromatic carbocycles. The summed E-state index contributed by atoms with van der Waals surface area (Å²) in [5.41, 5.74) is 0. The van der Waals surface area contributed by atoms with E-state index in [1.165, 1.54) is 3.71 Å². The van der Waals surface area contributed by atoms with E-state index in [9.17, 15) is 0 Å². The topological polar surface area (TPSA) is 15.8 Å². The molecular weight excluding hydrogens is 289 g/mol. The van der Waals surface area contributed by atoms with Crippen LogP contribution in [-0.4, -0.2) is 23.4 Å². The third kappa shape index (κ3) is 2.88. The van der Waals surface area contributed by atoms with Crippen LogP contribution in [0, 0.1) is 0 Å². The summed E-state index contributed by atoms with van der Waals surface area (Å²) in [5.74, 6) is 0. The minimum absolute atomic E-state index is 1.15. The number of aromatic amines is 1. The molecule has 0 fully saturated rings. The average molecular weight is 308 g/mol. The van der Waals surface area contributed by atoms with Gasteiger partial charge in [0, 0.05) is 0 Å². The Labute approximate surface area is 96.5 Å². The van der Waals surface area contributed by atoms with Crippen LogP contribution < -0.4 is 3.71 Å². The van der Waals surface area contributed by atoms with Gasteiger partial charge in [-0.25, -0.2) is 0 Å². The summed E-state index contributed by atoms with van der Waals surface area (Å²) in [6.07, 6.45) is 8.19. The number of hydrogen-bond donors (Lipinski definition) is 1. The Kier molecular flexibility index (Phi) is 4.95. The van der Waals surface area contributed by atoms with Crippen LogP contribution in [0.3, 0.4) is 0 Å². The van der Waals surface area contributed by atoms with Crippen LogP contribution in [0.2, 0.25) is 13.3 Å². The van der Waals surface area contributed by atoms with E-state index in [1.54, 1.807) is 0 Å². The summed E-state index contributed by atoms with van der Waals surface area (Å²) in [6, 6.07) is 4.29. The summed E-state index contributed by atoms with van der Waals surface area (Å²) in [4.78, 5) is 3.38. The van der Waals surface area contributed by atoms with E-state index in [0.717, 1.165) is 13.3 Å². The normalized spacial score (nSPS) is 10.9. The number of nitrogens with one attached hydrogen (secondary N) is 1. The Morgan fingerprint density at radius 2 is 1.60 bits per heavy atom. The molecule has 0 atom stereocenters. The molecule has 1 heterocycles. The van der Waals surface area contributed by atoms with E-state index in [4.69, 9.17) is 0 Å². The maximum atomic E-state index is 3.89. The third-order valence-corrected chi connectivity index (χ3v) is 16.1. The number of aromatic nitrogens is 1. The van der Waals surface area contributed by atoms with Crippen LogP contribution in [0.15, 0.2) is 56.3 Å². The van der Waals surface area contributed by atoms with E-state index >= 15 is 0 Å². The van der Waals surface area contributed by atoms with Gasteiger partial charge in [-0.1, -0.05) is 0 Å². The van der Waals surface area contributed by atoms with Crippen molar-refractivity contribution in [3.05, 3.63) is 56.3 Å². The third-order valence-electron chi connectivity index (χ3n) is 2.77. The molecule has 80 valence electrons. The molecule has 1 rings (SSSR count). The van der Waals surface area contributed by atoms with Crippen molar-refractivity contribution in [3.63, 3.8) is 0 Å². The number of rotatable bonds is 7. The fraction of sp³-hybridized carbons (Fsp3) is 0.231. The molecule has 0 radical (unpaired) electrons. The average Bonchev–Trinajstić information content (AvgIpc) is 2.72. The van der Waals surface area contributed by atoms with Crippen molar-refractivity contribution >= 4 is 22.1 Å². The molecule has 0 aliphatic heterocycles. The summed E-state index contributed by atoms with van der Waals surface area (Å²) in [7, 11) is 0. The van der Waals surface area contributed by atoms with Crippen LogP contribution in [-0.2, 0) is 0 Å². The molecule has 0 aliphatic carbocycles. The fourth-order valence-corrected chi connectivity index (χ4v) is 12.5. The predicted octanol–water partition coefficient (Wildman–Crippen LogP) is 3.23. The Morgan fingerprint density at radius 3 is 1.93 bits per heavy atom. The Balaban J connectivity index is 3.05. The SMILES string of the molecule is C=C[CH2][Sn]([CH2]C=C)([CH2]C=C)[c]1ccc[nH]1. The molecular formula is C13H19NSn. The summed E-state index contributed by atoms with van der Waals surface area (Å²) >= 11 is -2.34. The van der Waals surface area contributed by atoms with E-state index in [0.29, 0.717) is 0 Å². The monoisotopic (exact) mass is 309 g/mol. The van der Waals surface area contributed by atoms with Gasteiger partial charge in [-0.05, 0) is 0 Å². The predicted molar refractivity (Wildman–Crippen MR) is 71.2 cm³/mol. The van der Waals surface area contributed by atoms with Gasteiger partial charge in [0.15, 0.2) is 0 Å². The molecule has 0 saturated heterocycles. The second kappa shape index (κ2) is 6.01. The van der Waals surface area contributed by atoms with Crippen molar-refractivity contribution < 1.29 is 0 Å². The van der Waals surface area contributed by atoms with Crippen molar-refractivity contribution in [2.75, 3.05) is 0 Å². The van der Waals surface area contributed by atoms with Gasteiger partial charge in [0.2, 0.25) is 0 Å². The molecule has 1 N–H and O–H groups in total. The number of hydrogen-bond acceptors (Lipinski definition) is 0. The zero-order chi connectivity index (χ0) is 11.1. The van der Waals surface area contributed by atoms with E-state index in [1.807, 2.05) is 6.20 Å². The van der Waals surface area contributed by atoms with Crippen molar-refractivity contribution in [1.82, 2.24) is 4.98 Å².